The fourth-order valence-electron chi connectivity index (χ4n) is 6.55. The van der Waals surface area contributed by atoms with Gasteiger partial charge in [0.25, 0.3) is 0 Å². The lowest BCUT2D eigenvalue weighted by molar-refractivity contribution is -0.127. The van der Waals surface area contributed by atoms with Crippen LogP contribution >= 0.6 is 11.6 Å². The van der Waals surface area contributed by atoms with E-state index in [0.717, 1.165) is 0 Å². The van der Waals surface area contributed by atoms with Gasteiger partial charge in [-0.15, -0.1) is 0 Å². The Bertz CT molecular complexity index is 1270. The molecule has 9 heteroatoms. The Labute approximate surface area is 220 Å². The van der Waals surface area contributed by atoms with Crippen LogP contribution in [-0.4, -0.2) is 40.6 Å². The van der Waals surface area contributed by atoms with E-state index in [1.807, 2.05) is 20.8 Å². The summed E-state index contributed by atoms with van der Waals surface area (Å²) in [4.78, 5) is 27.8. The normalized spacial score (nSPS) is 32.7. The van der Waals surface area contributed by atoms with Crippen molar-refractivity contribution in [2.24, 2.45) is 5.41 Å². The molecule has 4 N–H and O–H groups in total. The Balaban J connectivity index is 1.69. The lowest BCUT2D eigenvalue weighted by Crippen LogP contribution is -2.57. The zero-order chi connectivity index (χ0) is 26.9. The molecule has 37 heavy (non-hydrogen) atoms. The van der Waals surface area contributed by atoms with Crippen molar-refractivity contribution in [3.8, 4) is 0 Å². The highest BCUT2D eigenvalue weighted by atomic mass is 35.5. The van der Waals surface area contributed by atoms with Crippen LogP contribution in [0.2, 0.25) is 5.02 Å². The van der Waals surface area contributed by atoms with Crippen LogP contribution in [-0.2, 0) is 15.0 Å². The fourth-order valence-corrected chi connectivity index (χ4v) is 6.73. The summed E-state index contributed by atoms with van der Waals surface area (Å²) in [7, 11) is 0. The van der Waals surface area contributed by atoms with Gasteiger partial charge in [-0.25, -0.2) is 8.78 Å². The van der Waals surface area contributed by atoms with Crippen LogP contribution in [0.1, 0.15) is 64.0 Å². The molecule has 2 amide bonds. The summed E-state index contributed by atoms with van der Waals surface area (Å²) in [5.41, 5.74) is -1.52. The summed E-state index contributed by atoms with van der Waals surface area (Å²) >= 11 is 6.19. The maximum Gasteiger partial charge on any atom is 0.238 e. The second-order valence-electron chi connectivity index (χ2n) is 12.2. The molecule has 6 nitrogen and oxygen atoms in total. The van der Waals surface area contributed by atoms with Gasteiger partial charge < -0.3 is 21.1 Å². The van der Waals surface area contributed by atoms with Crippen molar-refractivity contribution in [1.29, 1.82) is 0 Å². The molecule has 2 aliphatic heterocycles. The summed E-state index contributed by atoms with van der Waals surface area (Å²) in [5.74, 6) is -2.97. The Morgan fingerprint density at radius 2 is 1.92 bits per heavy atom. The van der Waals surface area contributed by atoms with Crippen molar-refractivity contribution in [3.63, 3.8) is 0 Å². The third-order valence-corrected chi connectivity index (χ3v) is 8.23. The van der Waals surface area contributed by atoms with Crippen LogP contribution in [0.25, 0.3) is 0 Å². The van der Waals surface area contributed by atoms with Gasteiger partial charge in [0, 0.05) is 23.7 Å². The van der Waals surface area contributed by atoms with Crippen molar-refractivity contribution < 1.29 is 23.5 Å². The molecule has 0 bridgehead atoms. The molecule has 1 saturated heterocycles. The number of hydrogen-bond donors (Lipinski definition) is 4. The summed E-state index contributed by atoms with van der Waals surface area (Å²) in [6.45, 7) is 7.79. The smallest absolute Gasteiger partial charge is 0.238 e. The molecule has 1 saturated carbocycles. The van der Waals surface area contributed by atoms with Gasteiger partial charge in [-0.2, -0.15) is 0 Å². The molecule has 2 heterocycles. The van der Waals surface area contributed by atoms with Crippen molar-refractivity contribution in [2.75, 3.05) is 5.32 Å². The number of nitrogens with one attached hydrogen (secondary N) is 3. The quantitative estimate of drug-likeness (QED) is 0.471. The minimum absolute atomic E-state index is 0.112. The first kappa shape index (κ1) is 26.1. The molecule has 1 spiro atoms. The van der Waals surface area contributed by atoms with Gasteiger partial charge in [0.15, 0.2) is 0 Å². The molecule has 0 unspecified atom stereocenters. The number of benzene rings is 2. The summed E-state index contributed by atoms with van der Waals surface area (Å²) in [6.07, 6.45) is 1.29. The van der Waals surface area contributed by atoms with E-state index >= 15 is 4.39 Å². The predicted molar refractivity (Wildman–Crippen MR) is 137 cm³/mol. The molecule has 5 rings (SSSR count). The molecule has 2 aromatic carbocycles. The van der Waals surface area contributed by atoms with E-state index in [4.69, 9.17) is 11.6 Å². The van der Waals surface area contributed by atoms with Crippen molar-refractivity contribution in [3.05, 3.63) is 64.2 Å². The van der Waals surface area contributed by atoms with Gasteiger partial charge in [-0.1, -0.05) is 50.6 Å². The number of carbonyl (C=O) groups is 2. The standard InChI is InChI=1S/C28H32ClF2N3O3/c1-26(2,3)13-20-28(17-9-8-14(30)10-19(17)33-25(28)36)21(16-6-5-7-18(29)22(16)31)23(34-20)24(35)32-15-11-27(4,37)12-15/h5-10,15,20-21,23,34,37H,11-13H2,1-4H3,(H,32,35)(H,33,36)/t15?,20-,21-,23+,27?,28+/m0/s1. The zero-order valence-corrected chi connectivity index (χ0v) is 22.0. The molecular weight excluding hydrogens is 500 g/mol. The summed E-state index contributed by atoms with van der Waals surface area (Å²) in [5, 5.41) is 19.2. The highest BCUT2D eigenvalue weighted by molar-refractivity contribution is 6.30. The minimum Gasteiger partial charge on any atom is -0.390 e. The highest BCUT2D eigenvalue weighted by Crippen LogP contribution is 2.57. The average molecular weight is 532 g/mol. The van der Waals surface area contributed by atoms with Crippen LogP contribution in [0.5, 0.6) is 0 Å². The van der Waals surface area contributed by atoms with E-state index in [-0.39, 0.29) is 28.0 Å². The first-order valence-electron chi connectivity index (χ1n) is 12.6. The topological polar surface area (TPSA) is 90.5 Å². The second-order valence-corrected chi connectivity index (χ2v) is 12.6. The van der Waals surface area contributed by atoms with Gasteiger partial charge >= 0.3 is 0 Å². The summed E-state index contributed by atoms with van der Waals surface area (Å²) < 4.78 is 29.9. The lowest BCUT2D eigenvalue weighted by atomic mass is 9.62. The molecule has 0 radical (unpaired) electrons. The maximum absolute atomic E-state index is 15.7. The molecule has 0 aromatic heterocycles. The number of anilines is 1. The molecule has 2 aromatic rings. The Morgan fingerprint density at radius 1 is 1.22 bits per heavy atom. The van der Waals surface area contributed by atoms with Gasteiger partial charge in [-0.3, -0.25) is 9.59 Å². The van der Waals surface area contributed by atoms with E-state index in [1.165, 1.54) is 18.2 Å². The second kappa shape index (κ2) is 8.75. The third kappa shape index (κ3) is 4.33. The van der Waals surface area contributed by atoms with E-state index in [0.29, 0.717) is 30.5 Å². The Hall–Kier alpha value is -2.55. The highest BCUT2D eigenvalue weighted by Gasteiger charge is 2.66. The number of hydrogen-bond acceptors (Lipinski definition) is 4. The first-order chi connectivity index (χ1) is 17.2. The van der Waals surface area contributed by atoms with Crippen molar-refractivity contribution in [2.45, 2.75) is 82.0 Å². The van der Waals surface area contributed by atoms with E-state index < -0.39 is 46.6 Å². The van der Waals surface area contributed by atoms with Crippen LogP contribution in [0.3, 0.4) is 0 Å². The Kier molecular flexibility index (Phi) is 6.17. The number of rotatable bonds is 4. The number of halogens is 3. The molecule has 2 fully saturated rings. The minimum atomic E-state index is -1.39. The predicted octanol–water partition coefficient (Wildman–Crippen LogP) is 4.40. The number of aliphatic hydroxyl groups is 1. The Morgan fingerprint density at radius 3 is 2.57 bits per heavy atom. The largest absolute Gasteiger partial charge is 0.390 e. The van der Waals surface area contributed by atoms with Crippen LogP contribution in [0.15, 0.2) is 36.4 Å². The van der Waals surface area contributed by atoms with E-state index in [9.17, 15) is 19.1 Å². The maximum atomic E-state index is 15.7. The number of carbonyl (C=O) groups excluding carboxylic acids is 2. The summed E-state index contributed by atoms with van der Waals surface area (Å²) in [6, 6.07) is 6.89. The van der Waals surface area contributed by atoms with E-state index in [1.54, 1.807) is 25.1 Å². The molecule has 3 aliphatic rings. The zero-order valence-electron chi connectivity index (χ0n) is 21.3. The van der Waals surface area contributed by atoms with Crippen molar-refractivity contribution in [1.82, 2.24) is 10.6 Å². The fraction of sp³-hybridized carbons (Fsp3) is 0.500. The average Bonchev–Trinajstić information content (AvgIpc) is 3.23. The SMILES string of the molecule is CC(C)(C)C[C@@H]1N[C@@H](C(=O)NC2CC(C)(O)C2)[C@H](c2cccc(Cl)c2F)[C@]12C(=O)Nc1cc(F)ccc12. The van der Waals surface area contributed by atoms with Gasteiger partial charge in [0.05, 0.1) is 16.7 Å². The van der Waals surface area contributed by atoms with Gasteiger partial charge in [-0.05, 0) is 60.9 Å². The first-order valence-corrected chi connectivity index (χ1v) is 12.9. The monoisotopic (exact) mass is 531 g/mol. The van der Waals surface area contributed by atoms with Gasteiger partial charge in [0.1, 0.15) is 17.0 Å². The van der Waals surface area contributed by atoms with Crippen molar-refractivity contribution >= 4 is 29.1 Å². The van der Waals surface area contributed by atoms with Crippen LogP contribution in [0, 0.1) is 17.0 Å². The lowest BCUT2D eigenvalue weighted by Gasteiger charge is -2.42. The third-order valence-electron chi connectivity index (χ3n) is 7.94. The molecule has 4 atom stereocenters. The number of fused-ring (bicyclic) bond motifs is 2. The number of amides is 2. The van der Waals surface area contributed by atoms with Crippen LogP contribution in [0.4, 0.5) is 14.5 Å². The van der Waals surface area contributed by atoms with Crippen LogP contribution < -0.4 is 16.0 Å². The molecule has 198 valence electrons. The van der Waals surface area contributed by atoms with Gasteiger partial charge in [0.2, 0.25) is 11.8 Å². The van der Waals surface area contributed by atoms with E-state index in [2.05, 4.69) is 16.0 Å². The molecular formula is C28H32ClF2N3O3. The molecule has 1 aliphatic carbocycles.